The second-order valence-electron chi connectivity index (χ2n) is 7.62. The highest BCUT2D eigenvalue weighted by Gasteiger charge is 2.37. The Bertz CT molecular complexity index is 1560. The average Bonchev–Trinajstić information content (AvgIpc) is 3.18. The number of fused-ring (bicyclic) bond motifs is 4. The van der Waals surface area contributed by atoms with Crippen molar-refractivity contribution in [2.75, 3.05) is 5.32 Å². The van der Waals surface area contributed by atoms with Crippen LogP contribution in [0.15, 0.2) is 66.9 Å². The molecule has 5 rings (SSSR count). The summed E-state index contributed by atoms with van der Waals surface area (Å²) in [5.74, 6) is -4.44. The molecule has 0 saturated carbocycles. The van der Waals surface area contributed by atoms with Crippen LogP contribution >= 0.6 is 0 Å². The highest BCUT2D eigenvalue weighted by atomic mass is 16.4. The van der Waals surface area contributed by atoms with Crippen molar-refractivity contribution in [1.82, 2.24) is 4.40 Å². The second kappa shape index (κ2) is 7.52. The molecular formula is C25H14N2O7. The van der Waals surface area contributed by atoms with Crippen LogP contribution in [0.2, 0.25) is 0 Å². The number of rotatable bonds is 4. The zero-order chi connectivity index (χ0) is 24.1. The Hall–Kier alpha value is -5.05. The first-order chi connectivity index (χ1) is 16.3. The van der Waals surface area contributed by atoms with Gasteiger partial charge in [0.2, 0.25) is 5.78 Å². The Morgan fingerprint density at radius 2 is 1.35 bits per heavy atom. The van der Waals surface area contributed by atoms with E-state index in [0.717, 1.165) is 18.2 Å². The molecule has 1 aliphatic carbocycles. The number of aromatic carboxylic acids is 2. The molecular weight excluding hydrogens is 440 g/mol. The van der Waals surface area contributed by atoms with Crippen LogP contribution in [-0.2, 0) is 0 Å². The molecule has 0 unspecified atom stereocenters. The third kappa shape index (κ3) is 3.06. The molecule has 2 heterocycles. The van der Waals surface area contributed by atoms with Crippen LogP contribution in [0.25, 0.3) is 5.52 Å². The van der Waals surface area contributed by atoms with Crippen molar-refractivity contribution in [2.45, 2.75) is 0 Å². The van der Waals surface area contributed by atoms with Crippen LogP contribution in [0, 0.1) is 0 Å². The highest BCUT2D eigenvalue weighted by molar-refractivity contribution is 6.32. The number of amides is 1. The van der Waals surface area contributed by atoms with Gasteiger partial charge in [0.15, 0.2) is 5.78 Å². The lowest BCUT2D eigenvalue weighted by molar-refractivity contribution is 0.0696. The van der Waals surface area contributed by atoms with Crippen LogP contribution in [0.4, 0.5) is 5.69 Å². The van der Waals surface area contributed by atoms with E-state index in [1.807, 2.05) is 0 Å². The molecule has 34 heavy (non-hydrogen) atoms. The molecule has 3 N–H and O–H groups in total. The minimum Gasteiger partial charge on any atom is -0.478 e. The zero-order valence-electron chi connectivity index (χ0n) is 17.2. The van der Waals surface area contributed by atoms with Crippen molar-refractivity contribution in [2.24, 2.45) is 0 Å². The molecule has 0 spiro atoms. The number of pyridine rings is 1. The van der Waals surface area contributed by atoms with Crippen LogP contribution in [0.3, 0.4) is 0 Å². The van der Waals surface area contributed by atoms with Gasteiger partial charge in [0.25, 0.3) is 5.91 Å². The minimum atomic E-state index is -1.37. The summed E-state index contributed by atoms with van der Waals surface area (Å²) >= 11 is 0. The number of hydrogen-bond acceptors (Lipinski definition) is 5. The lowest BCUT2D eigenvalue weighted by Crippen LogP contribution is -2.24. The number of ketones is 2. The number of nitrogens with zero attached hydrogens (tertiary/aromatic N) is 1. The normalized spacial score (nSPS) is 12.2. The SMILES string of the molecule is O=C(O)c1cc(NC(=O)c2c3c(n4ccccc24)C(=O)c2ccccc2C3=O)cc(C(=O)O)c1. The maximum atomic E-state index is 13.4. The predicted octanol–water partition coefficient (Wildman–Crippen LogP) is 3.36. The molecule has 4 aromatic rings. The van der Waals surface area contributed by atoms with Crippen molar-refractivity contribution in [3.63, 3.8) is 0 Å². The summed E-state index contributed by atoms with van der Waals surface area (Å²) in [4.78, 5) is 62.9. The smallest absolute Gasteiger partial charge is 0.335 e. The molecule has 166 valence electrons. The third-order valence-electron chi connectivity index (χ3n) is 5.61. The molecule has 0 aliphatic heterocycles. The summed E-state index contributed by atoms with van der Waals surface area (Å²) in [6.45, 7) is 0. The molecule has 9 nitrogen and oxygen atoms in total. The molecule has 1 aliphatic rings. The van der Waals surface area contributed by atoms with Crippen LogP contribution < -0.4 is 5.32 Å². The fourth-order valence-electron chi connectivity index (χ4n) is 4.16. The molecule has 2 aromatic carbocycles. The van der Waals surface area contributed by atoms with Gasteiger partial charge in [-0.25, -0.2) is 9.59 Å². The molecule has 0 radical (unpaired) electrons. The van der Waals surface area contributed by atoms with E-state index in [1.165, 1.54) is 10.5 Å². The number of carboxylic acid groups (broad SMARTS) is 2. The Labute approximate surface area is 190 Å². The van der Waals surface area contributed by atoms with Gasteiger partial charge in [0.1, 0.15) is 5.69 Å². The van der Waals surface area contributed by atoms with Gasteiger partial charge >= 0.3 is 11.9 Å². The van der Waals surface area contributed by atoms with E-state index in [4.69, 9.17) is 0 Å². The van der Waals surface area contributed by atoms with Gasteiger partial charge < -0.3 is 19.9 Å². The van der Waals surface area contributed by atoms with Crippen LogP contribution in [0.5, 0.6) is 0 Å². The van der Waals surface area contributed by atoms with Gasteiger partial charge in [-0.2, -0.15) is 0 Å². The van der Waals surface area contributed by atoms with E-state index in [0.29, 0.717) is 5.52 Å². The predicted molar refractivity (Wildman–Crippen MR) is 119 cm³/mol. The van der Waals surface area contributed by atoms with Crippen LogP contribution in [-0.4, -0.2) is 44.0 Å². The van der Waals surface area contributed by atoms with E-state index in [2.05, 4.69) is 5.32 Å². The largest absolute Gasteiger partial charge is 0.478 e. The number of nitrogens with one attached hydrogen (secondary N) is 1. The van der Waals surface area contributed by atoms with Crippen LogP contribution in [0.1, 0.15) is 63.0 Å². The lowest BCUT2D eigenvalue weighted by Gasteiger charge is -2.15. The average molecular weight is 454 g/mol. The Kier molecular flexibility index (Phi) is 4.61. The summed E-state index contributed by atoms with van der Waals surface area (Å²) < 4.78 is 1.47. The Balaban J connectivity index is 1.69. The lowest BCUT2D eigenvalue weighted by atomic mass is 9.86. The highest BCUT2D eigenvalue weighted by Crippen LogP contribution is 2.34. The number of anilines is 1. The van der Waals surface area contributed by atoms with Gasteiger partial charge in [-0.15, -0.1) is 0 Å². The summed E-state index contributed by atoms with van der Waals surface area (Å²) in [6, 6.07) is 14.4. The topological polar surface area (TPSA) is 142 Å². The first-order valence-electron chi connectivity index (χ1n) is 10.0. The van der Waals surface area contributed by atoms with Crippen molar-refractivity contribution in [3.05, 3.63) is 106 Å². The number of aromatic nitrogens is 1. The van der Waals surface area contributed by atoms with Crippen molar-refractivity contribution >= 4 is 40.6 Å². The zero-order valence-corrected chi connectivity index (χ0v) is 17.2. The van der Waals surface area contributed by atoms with Crippen molar-refractivity contribution < 1.29 is 34.2 Å². The second-order valence-corrected chi connectivity index (χ2v) is 7.62. The van der Waals surface area contributed by atoms with Gasteiger partial charge in [-0.05, 0) is 30.3 Å². The summed E-state index contributed by atoms with van der Waals surface area (Å²) in [7, 11) is 0. The van der Waals surface area contributed by atoms with Crippen molar-refractivity contribution in [1.29, 1.82) is 0 Å². The first kappa shape index (κ1) is 20.8. The Morgan fingerprint density at radius 3 is 1.97 bits per heavy atom. The maximum absolute atomic E-state index is 13.4. The van der Waals surface area contributed by atoms with Gasteiger partial charge in [-0.3, -0.25) is 14.4 Å². The molecule has 0 bridgehead atoms. The minimum absolute atomic E-state index is 0.0509. The van der Waals surface area contributed by atoms with E-state index in [9.17, 15) is 34.2 Å². The fourth-order valence-corrected chi connectivity index (χ4v) is 4.16. The molecule has 0 fully saturated rings. The number of carbonyl (C=O) groups is 5. The molecule has 2 aromatic heterocycles. The summed E-state index contributed by atoms with van der Waals surface area (Å²) in [6.07, 6.45) is 1.57. The van der Waals surface area contributed by atoms with E-state index in [1.54, 1.807) is 42.6 Å². The molecule has 0 atom stereocenters. The maximum Gasteiger partial charge on any atom is 0.335 e. The number of carboxylic acids is 2. The number of hydrogen-bond donors (Lipinski definition) is 3. The number of carbonyl (C=O) groups excluding carboxylic acids is 3. The quantitative estimate of drug-likeness (QED) is 0.378. The van der Waals surface area contributed by atoms with Crippen molar-refractivity contribution in [3.8, 4) is 0 Å². The standard InChI is InChI=1S/C25H14N2O7/c28-21-15-5-1-2-6-16(15)22(29)20-19(21)18(17-7-3-4-8-27(17)20)23(30)26-14-10-12(24(31)32)9-13(11-14)25(33)34/h1-11H,(H,26,30)(H,31,32)(H,33,34). The Morgan fingerprint density at radius 1 is 0.765 bits per heavy atom. The molecule has 9 heteroatoms. The monoisotopic (exact) mass is 454 g/mol. The summed E-state index contributed by atoms with van der Waals surface area (Å²) in [5, 5.41) is 21.1. The van der Waals surface area contributed by atoms with E-state index >= 15 is 0 Å². The van der Waals surface area contributed by atoms with E-state index < -0.39 is 29.4 Å². The van der Waals surface area contributed by atoms with E-state index in [-0.39, 0.29) is 44.8 Å². The fraction of sp³-hybridized carbons (Fsp3) is 0. The summed E-state index contributed by atoms with van der Waals surface area (Å²) in [5.41, 5.74) is -0.135. The molecule has 1 amide bonds. The first-order valence-corrected chi connectivity index (χ1v) is 10.0. The van der Waals surface area contributed by atoms with Gasteiger partial charge in [0.05, 0.1) is 27.8 Å². The number of benzene rings is 2. The van der Waals surface area contributed by atoms with Gasteiger partial charge in [0, 0.05) is 23.0 Å². The van der Waals surface area contributed by atoms with Gasteiger partial charge in [-0.1, -0.05) is 30.3 Å². The molecule has 0 saturated heterocycles. The third-order valence-corrected chi connectivity index (χ3v) is 5.61.